The van der Waals surface area contributed by atoms with Gasteiger partial charge in [-0.3, -0.25) is 9.10 Å². The van der Waals surface area contributed by atoms with Gasteiger partial charge in [0.15, 0.2) is 0 Å². The molecule has 0 saturated carbocycles. The molecule has 0 bridgehead atoms. The number of hydrogen-bond donors (Lipinski definition) is 1. The van der Waals surface area contributed by atoms with E-state index in [-0.39, 0.29) is 5.69 Å². The number of nitrogens with zero attached hydrogens (tertiary/aromatic N) is 1. The molecule has 31 heavy (non-hydrogen) atoms. The van der Waals surface area contributed by atoms with Crippen LogP contribution >= 0.6 is 0 Å². The van der Waals surface area contributed by atoms with Gasteiger partial charge in [0.2, 0.25) is 5.91 Å². The molecule has 1 amide bonds. The fourth-order valence-electron chi connectivity index (χ4n) is 3.01. The number of amides is 1. The van der Waals surface area contributed by atoms with Gasteiger partial charge in [0.05, 0.1) is 12.8 Å². The van der Waals surface area contributed by atoms with E-state index in [4.69, 9.17) is 4.74 Å². The first-order valence-corrected chi connectivity index (χ1v) is 11.1. The van der Waals surface area contributed by atoms with E-state index in [9.17, 15) is 17.6 Å². The van der Waals surface area contributed by atoms with Crippen LogP contribution in [-0.4, -0.2) is 34.5 Å². The Hall–Kier alpha value is -3.39. The van der Waals surface area contributed by atoms with Crippen molar-refractivity contribution in [2.75, 3.05) is 24.5 Å². The summed E-state index contributed by atoms with van der Waals surface area (Å²) in [5, 5.41) is 2.73. The van der Waals surface area contributed by atoms with Crippen LogP contribution in [0, 0.1) is 5.82 Å². The third-order valence-corrected chi connectivity index (χ3v) is 6.44. The molecule has 162 valence electrons. The molecule has 0 radical (unpaired) electrons. The molecule has 0 saturated heterocycles. The summed E-state index contributed by atoms with van der Waals surface area (Å²) in [4.78, 5) is 12.1. The molecule has 0 unspecified atom stereocenters. The standard InChI is InChI=1S/C23H23FN2O4S/c1-30-20-13-11-19(12-14-20)26(31(28,29)22-10-6-5-9-21(22)24)17-23(27)25-16-15-18-7-3-2-4-8-18/h2-14H,15-17H2,1H3,(H,25,27). The van der Waals surface area contributed by atoms with Crippen LogP contribution in [0.5, 0.6) is 5.75 Å². The molecule has 3 rings (SSSR count). The van der Waals surface area contributed by atoms with Gasteiger partial charge in [-0.15, -0.1) is 0 Å². The second-order valence-electron chi connectivity index (χ2n) is 6.73. The molecule has 6 nitrogen and oxygen atoms in total. The highest BCUT2D eigenvalue weighted by atomic mass is 32.2. The Kier molecular flexibility index (Phi) is 7.25. The summed E-state index contributed by atoms with van der Waals surface area (Å²) >= 11 is 0. The van der Waals surface area contributed by atoms with Gasteiger partial charge in [-0.1, -0.05) is 42.5 Å². The van der Waals surface area contributed by atoms with E-state index in [1.54, 1.807) is 12.1 Å². The zero-order chi connectivity index (χ0) is 22.3. The van der Waals surface area contributed by atoms with Crippen molar-refractivity contribution in [3.05, 3.63) is 90.2 Å². The first-order chi connectivity index (χ1) is 14.9. The topological polar surface area (TPSA) is 75.7 Å². The molecule has 3 aromatic rings. The van der Waals surface area contributed by atoms with Gasteiger partial charge >= 0.3 is 0 Å². The molecule has 0 aliphatic heterocycles. The average Bonchev–Trinajstić information content (AvgIpc) is 2.78. The van der Waals surface area contributed by atoms with E-state index in [1.165, 1.54) is 37.4 Å². The second kappa shape index (κ2) is 10.1. The Morgan fingerprint density at radius 2 is 1.61 bits per heavy atom. The fourth-order valence-corrected chi connectivity index (χ4v) is 4.50. The Labute approximate surface area is 181 Å². The minimum absolute atomic E-state index is 0.224. The van der Waals surface area contributed by atoms with Crippen molar-refractivity contribution < 1.29 is 22.3 Å². The predicted octanol–water partition coefficient (Wildman–Crippen LogP) is 3.39. The van der Waals surface area contributed by atoms with E-state index < -0.39 is 33.2 Å². The zero-order valence-electron chi connectivity index (χ0n) is 17.0. The summed E-state index contributed by atoms with van der Waals surface area (Å²) in [7, 11) is -2.83. The highest BCUT2D eigenvalue weighted by Crippen LogP contribution is 2.26. The molecule has 0 fully saturated rings. The van der Waals surface area contributed by atoms with Gasteiger partial charge in [0.25, 0.3) is 10.0 Å². The van der Waals surface area contributed by atoms with Gasteiger partial charge in [-0.25, -0.2) is 12.8 Å². The molecule has 0 atom stereocenters. The van der Waals surface area contributed by atoms with Crippen LogP contribution in [0.25, 0.3) is 0 Å². The lowest BCUT2D eigenvalue weighted by Gasteiger charge is -2.24. The van der Waals surface area contributed by atoms with Crippen LogP contribution in [-0.2, 0) is 21.2 Å². The van der Waals surface area contributed by atoms with Crippen molar-refractivity contribution in [3.63, 3.8) is 0 Å². The number of anilines is 1. The van der Waals surface area contributed by atoms with Crippen LogP contribution in [0.2, 0.25) is 0 Å². The molecule has 0 aliphatic carbocycles. The van der Waals surface area contributed by atoms with E-state index in [1.807, 2.05) is 30.3 Å². The number of hydrogen-bond acceptors (Lipinski definition) is 4. The molecule has 1 N–H and O–H groups in total. The van der Waals surface area contributed by atoms with E-state index in [2.05, 4.69) is 5.32 Å². The number of sulfonamides is 1. The Bertz CT molecular complexity index is 1120. The van der Waals surface area contributed by atoms with Gasteiger partial charge in [0.1, 0.15) is 23.0 Å². The van der Waals surface area contributed by atoms with Crippen molar-refractivity contribution in [2.24, 2.45) is 0 Å². The number of ether oxygens (including phenoxy) is 1. The van der Waals surface area contributed by atoms with E-state index >= 15 is 0 Å². The largest absolute Gasteiger partial charge is 0.497 e. The lowest BCUT2D eigenvalue weighted by molar-refractivity contribution is -0.119. The van der Waals surface area contributed by atoms with Crippen molar-refractivity contribution >= 4 is 21.6 Å². The molecule has 0 spiro atoms. The molecule has 0 aliphatic rings. The summed E-state index contributed by atoms with van der Waals surface area (Å²) in [5.41, 5.74) is 1.27. The normalized spacial score (nSPS) is 11.0. The van der Waals surface area contributed by atoms with Crippen LogP contribution in [0.3, 0.4) is 0 Å². The highest BCUT2D eigenvalue weighted by molar-refractivity contribution is 7.92. The van der Waals surface area contributed by atoms with Crippen LogP contribution < -0.4 is 14.4 Å². The van der Waals surface area contributed by atoms with Crippen molar-refractivity contribution in [1.29, 1.82) is 0 Å². The molecule has 0 heterocycles. The summed E-state index contributed by atoms with van der Waals surface area (Å²) in [6.07, 6.45) is 0.606. The summed E-state index contributed by atoms with van der Waals surface area (Å²) in [6.45, 7) is -0.142. The predicted molar refractivity (Wildman–Crippen MR) is 117 cm³/mol. The van der Waals surface area contributed by atoms with Gasteiger partial charge in [-0.2, -0.15) is 0 Å². The lowest BCUT2D eigenvalue weighted by Crippen LogP contribution is -2.41. The second-order valence-corrected chi connectivity index (χ2v) is 8.56. The van der Waals surface area contributed by atoms with Crippen molar-refractivity contribution in [1.82, 2.24) is 5.32 Å². The van der Waals surface area contributed by atoms with Crippen LogP contribution in [0.15, 0.2) is 83.8 Å². The first kappa shape index (κ1) is 22.3. The quantitative estimate of drug-likeness (QED) is 0.551. The smallest absolute Gasteiger partial charge is 0.267 e. The minimum Gasteiger partial charge on any atom is -0.497 e. The van der Waals surface area contributed by atoms with Gasteiger partial charge in [-0.05, 0) is 48.4 Å². The number of rotatable bonds is 9. The molecular weight excluding hydrogens is 419 g/mol. The summed E-state index contributed by atoms with van der Waals surface area (Å²) < 4.78 is 46.7. The third-order valence-electron chi connectivity index (χ3n) is 4.63. The maximum atomic E-state index is 14.3. The first-order valence-electron chi connectivity index (χ1n) is 9.64. The average molecular weight is 443 g/mol. The molecule has 8 heteroatoms. The third kappa shape index (κ3) is 5.61. The van der Waals surface area contributed by atoms with Gasteiger partial charge < -0.3 is 10.1 Å². The Balaban J connectivity index is 1.81. The van der Waals surface area contributed by atoms with Crippen molar-refractivity contribution in [3.8, 4) is 5.75 Å². The van der Waals surface area contributed by atoms with E-state index in [0.29, 0.717) is 18.7 Å². The van der Waals surface area contributed by atoms with Crippen LogP contribution in [0.4, 0.5) is 10.1 Å². The highest BCUT2D eigenvalue weighted by Gasteiger charge is 2.29. The summed E-state index contributed by atoms with van der Waals surface area (Å²) in [6, 6.07) is 20.9. The molecule has 3 aromatic carbocycles. The summed E-state index contributed by atoms with van der Waals surface area (Å²) in [5.74, 6) is -0.850. The maximum Gasteiger partial charge on any atom is 0.267 e. The Morgan fingerprint density at radius 3 is 2.26 bits per heavy atom. The molecule has 0 aromatic heterocycles. The zero-order valence-corrected chi connectivity index (χ0v) is 17.8. The lowest BCUT2D eigenvalue weighted by atomic mass is 10.1. The number of carbonyl (C=O) groups excluding carboxylic acids is 1. The van der Waals surface area contributed by atoms with Gasteiger partial charge in [0, 0.05) is 6.54 Å². The minimum atomic E-state index is -4.32. The number of carbonyl (C=O) groups is 1. The Morgan fingerprint density at radius 1 is 0.968 bits per heavy atom. The molecular formula is C23H23FN2O4S. The maximum absolute atomic E-state index is 14.3. The van der Waals surface area contributed by atoms with Crippen molar-refractivity contribution in [2.45, 2.75) is 11.3 Å². The monoisotopic (exact) mass is 442 g/mol. The number of nitrogens with one attached hydrogen (secondary N) is 1. The number of halogens is 1. The number of methoxy groups -OCH3 is 1. The fraction of sp³-hybridized carbons (Fsp3) is 0.174. The van der Waals surface area contributed by atoms with Crippen LogP contribution in [0.1, 0.15) is 5.56 Å². The van der Waals surface area contributed by atoms with E-state index in [0.717, 1.165) is 15.9 Å². The number of benzene rings is 3. The SMILES string of the molecule is COc1ccc(N(CC(=O)NCCc2ccccc2)S(=O)(=O)c2ccccc2F)cc1.